The van der Waals surface area contributed by atoms with E-state index in [1.54, 1.807) is 63.7 Å². The van der Waals surface area contributed by atoms with Gasteiger partial charge in [0.15, 0.2) is 0 Å². The molecular weight excluding hydrogens is 579 g/mol. The van der Waals surface area contributed by atoms with E-state index in [0.717, 1.165) is 35.7 Å². The topological polar surface area (TPSA) is 46.3 Å². The molecule has 37 heavy (non-hydrogen) atoms. The fourth-order valence-electron chi connectivity index (χ4n) is 8.47. The Hall–Kier alpha value is 1.07. The number of nitrogens with two attached hydrogens (primary N) is 1. The molecule has 0 aliphatic heterocycles. The van der Waals surface area contributed by atoms with Crippen LogP contribution >= 0.6 is 15.8 Å². The van der Waals surface area contributed by atoms with Crippen LogP contribution < -0.4 is 5.73 Å². The van der Waals surface area contributed by atoms with Crippen LogP contribution in [-0.4, -0.2) is 72.8 Å². The SMILES string of the molecule is NCCN(CC[PH+](C1CCCCC1)C1CCCCC1)CC[PH+](C1CCCCC1)C1CCCCC1.[CH-]=O.[RuH+3]. The molecule has 4 fully saturated rings. The third-order valence-electron chi connectivity index (χ3n) is 10.4. The second kappa shape index (κ2) is 20.9. The van der Waals surface area contributed by atoms with Gasteiger partial charge in [0.1, 0.15) is 0 Å². The van der Waals surface area contributed by atoms with Crippen LogP contribution in [0.15, 0.2) is 0 Å². The normalized spacial score (nSPS) is 23.1. The molecule has 4 saturated carbocycles. The van der Waals surface area contributed by atoms with Gasteiger partial charge in [-0.15, -0.1) is 0 Å². The monoisotopic (exact) mass is 642 g/mol. The van der Waals surface area contributed by atoms with Crippen LogP contribution in [0.3, 0.4) is 0 Å². The van der Waals surface area contributed by atoms with Crippen molar-refractivity contribution in [1.29, 1.82) is 0 Å². The fraction of sp³-hybridized carbons (Fsp3) is 0.968. The summed E-state index contributed by atoms with van der Waals surface area (Å²) in [5.74, 6) is 0. The van der Waals surface area contributed by atoms with E-state index in [9.17, 15) is 0 Å². The molecule has 0 bridgehead atoms. The Kier molecular flexibility index (Phi) is 19.3. The average molecular weight is 642 g/mol. The summed E-state index contributed by atoms with van der Waals surface area (Å²) >= 11 is 0. The van der Waals surface area contributed by atoms with E-state index < -0.39 is 0 Å². The zero-order valence-electron chi connectivity index (χ0n) is 24.1. The summed E-state index contributed by atoms with van der Waals surface area (Å²) in [5.41, 5.74) is 10.8. The van der Waals surface area contributed by atoms with E-state index in [0.29, 0.717) is 0 Å². The summed E-state index contributed by atoms with van der Waals surface area (Å²) in [6, 6.07) is 0. The first kappa shape index (κ1) is 34.3. The van der Waals surface area contributed by atoms with Crippen molar-refractivity contribution in [2.24, 2.45) is 5.73 Å². The van der Waals surface area contributed by atoms with Crippen molar-refractivity contribution in [3.8, 4) is 0 Å². The third kappa shape index (κ3) is 11.8. The van der Waals surface area contributed by atoms with Crippen molar-refractivity contribution in [1.82, 2.24) is 4.90 Å². The van der Waals surface area contributed by atoms with Crippen LogP contribution in [0.1, 0.15) is 128 Å². The van der Waals surface area contributed by atoms with Crippen molar-refractivity contribution < 1.29 is 24.3 Å². The number of nitrogens with zero attached hydrogens (tertiary/aromatic N) is 1. The Balaban J connectivity index is 0.00000157. The van der Waals surface area contributed by atoms with Crippen molar-refractivity contribution in [2.45, 2.75) is 151 Å². The van der Waals surface area contributed by atoms with Gasteiger partial charge in [-0.1, -0.05) is 25.7 Å². The average Bonchev–Trinajstić information content (AvgIpc) is 2.96. The molecule has 2 N–H and O–H groups in total. The zero-order valence-corrected chi connectivity index (χ0v) is 27.9. The first-order chi connectivity index (χ1) is 17.8. The van der Waals surface area contributed by atoms with Crippen molar-refractivity contribution in [3.63, 3.8) is 0 Å². The maximum absolute atomic E-state index is 7.75. The third-order valence-corrected chi connectivity index (χ3v) is 18.5. The quantitative estimate of drug-likeness (QED) is 0.104. The molecule has 0 aromatic heterocycles. The summed E-state index contributed by atoms with van der Waals surface area (Å²) in [6.07, 6.45) is 34.2. The molecule has 3 nitrogen and oxygen atoms in total. The second-order valence-corrected chi connectivity index (χ2v) is 19.2. The first-order valence-electron chi connectivity index (χ1n) is 16.2. The van der Waals surface area contributed by atoms with Crippen LogP contribution in [0.4, 0.5) is 0 Å². The molecule has 0 saturated heterocycles. The fourth-order valence-corrected chi connectivity index (χ4v) is 17.2. The van der Waals surface area contributed by atoms with Crippen molar-refractivity contribution >= 4 is 22.6 Å². The molecule has 0 aromatic rings. The summed E-state index contributed by atoms with van der Waals surface area (Å²) in [4.78, 5) is 10.6. The number of rotatable bonds is 12. The van der Waals surface area contributed by atoms with E-state index in [1.165, 1.54) is 90.1 Å². The summed E-state index contributed by atoms with van der Waals surface area (Å²) < 4.78 is 0. The molecule has 0 atom stereocenters. The van der Waals surface area contributed by atoms with Gasteiger partial charge in [-0.2, -0.15) is 0 Å². The number of carbonyl (C=O) groups excluding carboxylic acids is 1. The molecule has 4 aliphatic rings. The van der Waals surface area contributed by atoms with Gasteiger partial charge in [0, 0.05) is 42.0 Å². The standard InChI is InChI=1S/C30H58N2P2.CHO.Ru.H/c31-21-22-32(23-25-33(27-13-5-1-6-14-27)28-15-7-2-8-16-28)24-26-34(29-17-9-3-10-18-29)30-19-11-4-12-20-30;1-2;;/h27-30H,1-26,31H2;1H;;/q;-1;+3;/p+2. The molecule has 0 heterocycles. The summed E-state index contributed by atoms with van der Waals surface area (Å²) in [5, 5.41) is 0. The van der Waals surface area contributed by atoms with Gasteiger partial charge in [-0.05, 0) is 103 Å². The summed E-state index contributed by atoms with van der Waals surface area (Å²) in [7, 11) is -0.422. The Labute approximate surface area is 246 Å². The van der Waals surface area contributed by atoms with Crippen LogP contribution in [0.25, 0.3) is 0 Å². The van der Waals surface area contributed by atoms with Gasteiger partial charge in [0.2, 0.25) is 0 Å². The Morgan fingerprint density at radius 3 is 1.03 bits per heavy atom. The van der Waals surface area contributed by atoms with Crippen molar-refractivity contribution in [3.05, 3.63) is 0 Å². The van der Waals surface area contributed by atoms with E-state index in [2.05, 4.69) is 11.7 Å². The molecular formula is C31H62N2OP2Ru+4. The minimum absolute atomic E-state index is 0. The van der Waals surface area contributed by atoms with Gasteiger partial charge in [0.25, 0.3) is 0 Å². The molecule has 0 spiro atoms. The predicted octanol–water partition coefficient (Wildman–Crippen LogP) is 7.46. The molecule has 6 heteroatoms. The Morgan fingerprint density at radius 1 is 0.514 bits per heavy atom. The molecule has 4 aliphatic carbocycles. The molecule has 4 rings (SSSR count). The van der Waals surface area contributed by atoms with Crippen LogP contribution in [0.5, 0.6) is 0 Å². The van der Waals surface area contributed by atoms with E-state index in [1.807, 2.05) is 0 Å². The van der Waals surface area contributed by atoms with Crippen LogP contribution in [0, 0.1) is 0 Å². The maximum atomic E-state index is 7.75. The Morgan fingerprint density at radius 2 is 0.784 bits per heavy atom. The van der Waals surface area contributed by atoms with Gasteiger partial charge in [-0.3, -0.25) is 11.7 Å². The van der Waals surface area contributed by atoms with E-state index >= 15 is 0 Å². The van der Waals surface area contributed by atoms with Crippen LogP contribution in [-0.2, 0) is 24.3 Å². The molecule has 0 unspecified atom stereocenters. The summed E-state index contributed by atoms with van der Waals surface area (Å²) in [6.45, 7) is 8.06. The van der Waals surface area contributed by atoms with Gasteiger partial charge in [-0.25, -0.2) is 0 Å². The van der Waals surface area contributed by atoms with Crippen LogP contribution in [0.2, 0.25) is 0 Å². The zero-order chi connectivity index (χ0) is 25.4. The molecule has 216 valence electrons. The van der Waals surface area contributed by atoms with Gasteiger partial charge < -0.3 is 10.5 Å². The molecule has 0 aromatic carbocycles. The predicted molar refractivity (Wildman–Crippen MR) is 167 cm³/mol. The number of hydrogen-bond donors (Lipinski definition) is 1. The van der Waals surface area contributed by atoms with Crippen molar-refractivity contribution in [2.75, 3.05) is 38.5 Å². The first-order valence-corrected chi connectivity index (χ1v) is 19.9. The Bertz CT molecular complexity index is 467. The second-order valence-electron chi connectivity index (χ2n) is 12.6. The molecule has 0 amide bonds. The van der Waals surface area contributed by atoms with Gasteiger partial charge >= 0.3 is 19.5 Å². The number of hydrogen-bond acceptors (Lipinski definition) is 3. The van der Waals surface area contributed by atoms with Gasteiger partial charge in [0.05, 0.1) is 35.0 Å². The minimum atomic E-state index is -0.211. The molecule has 1 radical (unpaired) electrons. The van der Waals surface area contributed by atoms with E-state index in [-0.39, 0.29) is 35.3 Å². The van der Waals surface area contributed by atoms with E-state index in [4.69, 9.17) is 10.5 Å².